The zero-order valence-corrected chi connectivity index (χ0v) is 15.0. The molecule has 3 rings (SSSR count). The van der Waals surface area contributed by atoms with Crippen LogP contribution in [-0.2, 0) is 6.42 Å². The summed E-state index contributed by atoms with van der Waals surface area (Å²) in [4.78, 5) is 25.6. The molecule has 1 amide bonds. The highest BCUT2D eigenvalue weighted by Crippen LogP contribution is 2.25. The van der Waals surface area contributed by atoms with Crippen LogP contribution in [0.15, 0.2) is 18.3 Å². The fourth-order valence-electron chi connectivity index (χ4n) is 2.71. The topological polar surface area (TPSA) is 94.5 Å². The first-order valence-electron chi connectivity index (χ1n) is 8.24. The number of aromatic nitrogens is 3. The van der Waals surface area contributed by atoms with Crippen molar-refractivity contribution in [2.45, 2.75) is 6.42 Å². The molecule has 0 bridgehead atoms. The van der Waals surface area contributed by atoms with Crippen LogP contribution in [0, 0.1) is 11.6 Å². The number of amides is 1. The highest BCUT2D eigenvalue weighted by atomic mass is 35.5. The van der Waals surface area contributed by atoms with Crippen LogP contribution in [0.5, 0.6) is 0 Å². The Labute approximate surface area is 158 Å². The van der Waals surface area contributed by atoms with Gasteiger partial charge in [-0.3, -0.25) is 4.98 Å². The van der Waals surface area contributed by atoms with Gasteiger partial charge in [-0.25, -0.2) is 9.18 Å². The van der Waals surface area contributed by atoms with Crippen LogP contribution in [0.3, 0.4) is 0 Å². The van der Waals surface area contributed by atoms with Crippen molar-refractivity contribution < 1.29 is 18.7 Å². The van der Waals surface area contributed by atoms with Gasteiger partial charge >= 0.3 is 6.09 Å². The van der Waals surface area contributed by atoms with Gasteiger partial charge in [-0.15, -0.1) is 0 Å². The maximum Gasteiger partial charge on any atom is 0.407 e. The molecule has 0 aliphatic carbocycles. The minimum absolute atomic E-state index is 0.0300. The van der Waals surface area contributed by atoms with Crippen molar-refractivity contribution in [3.63, 3.8) is 0 Å². The Morgan fingerprint density at radius 2 is 1.96 bits per heavy atom. The number of carboxylic acid groups (broad SMARTS) is 1. The number of carbonyl (C=O) groups is 1. The van der Waals surface area contributed by atoms with Gasteiger partial charge in [0, 0.05) is 44.8 Å². The van der Waals surface area contributed by atoms with Crippen LogP contribution in [0.1, 0.15) is 5.69 Å². The molecule has 144 valence electrons. The fraction of sp³-hybridized carbons (Fsp3) is 0.375. The third-order valence-electron chi connectivity index (χ3n) is 4.12. The standard InChI is InChI=1S/C16H17ClF2N6O2/c17-15-22-13(20-4-3-11-2-1-10(18)9-21-11)12(19)14(23-15)24-5-7-25(8-6-24)16(26)27/h1-2,9H,3-8H2,(H,26,27)(H,20,22,23). The number of pyridine rings is 1. The van der Waals surface area contributed by atoms with Gasteiger partial charge in [-0.2, -0.15) is 14.4 Å². The van der Waals surface area contributed by atoms with E-state index >= 15 is 0 Å². The minimum atomic E-state index is -1.01. The summed E-state index contributed by atoms with van der Waals surface area (Å²) in [5, 5.41) is 11.7. The first kappa shape index (κ1) is 19.0. The highest BCUT2D eigenvalue weighted by Gasteiger charge is 2.25. The zero-order valence-electron chi connectivity index (χ0n) is 14.2. The van der Waals surface area contributed by atoms with Gasteiger partial charge in [0.2, 0.25) is 11.1 Å². The second-order valence-electron chi connectivity index (χ2n) is 5.88. The minimum Gasteiger partial charge on any atom is -0.465 e. The van der Waals surface area contributed by atoms with Crippen molar-refractivity contribution in [2.75, 3.05) is 42.9 Å². The molecule has 1 aliphatic rings. The number of anilines is 2. The van der Waals surface area contributed by atoms with E-state index in [1.165, 1.54) is 11.0 Å². The summed E-state index contributed by atoms with van der Waals surface area (Å²) in [6.07, 6.45) is 0.549. The summed E-state index contributed by atoms with van der Waals surface area (Å²) in [6, 6.07) is 2.85. The van der Waals surface area contributed by atoms with Gasteiger partial charge in [0.15, 0.2) is 11.6 Å². The van der Waals surface area contributed by atoms with Gasteiger partial charge in [-0.05, 0) is 23.7 Å². The van der Waals surface area contributed by atoms with Crippen molar-refractivity contribution in [1.82, 2.24) is 19.9 Å². The number of nitrogens with zero attached hydrogens (tertiary/aromatic N) is 5. The number of halogens is 3. The lowest BCUT2D eigenvalue weighted by Crippen LogP contribution is -2.48. The summed E-state index contributed by atoms with van der Waals surface area (Å²) in [7, 11) is 0. The van der Waals surface area contributed by atoms with Crippen LogP contribution in [0.4, 0.5) is 25.2 Å². The molecule has 0 atom stereocenters. The summed E-state index contributed by atoms with van der Waals surface area (Å²) >= 11 is 5.92. The van der Waals surface area contributed by atoms with Crippen molar-refractivity contribution in [2.24, 2.45) is 0 Å². The Kier molecular flexibility index (Phi) is 5.84. The Bertz CT molecular complexity index is 815. The quantitative estimate of drug-likeness (QED) is 0.746. The molecule has 2 aromatic rings. The third-order valence-corrected chi connectivity index (χ3v) is 4.29. The summed E-state index contributed by atoms with van der Waals surface area (Å²) in [5.41, 5.74) is 0.648. The van der Waals surface area contributed by atoms with E-state index in [2.05, 4.69) is 20.3 Å². The molecule has 27 heavy (non-hydrogen) atoms. The van der Waals surface area contributed by atoms with E-state index < -0.39 is 17.7 Å². The lowest BCUT2D eigenvalue weighted by molar-refractivity contribution is 0.142. The smallest absolute Gasteiger partial charge is 0.407 e. The molecule has 3 heterocycles. The summed E-state index contributed by atoms with van der Waals surface area (Å²) in [6.45, 7) is 1.41. The lowest BCUT2D eigenvalue weighted by atomic mass is 10.2. The Hall–Kier alpha value is -2.75. The molecular formula is C16H17ClF2N6O2. The van der Waals surface area contributed by atoms with E-state index in [1.807, 2.05) is 0 Å². The SMILES string of the molecule is O=C(O)N1CCN(c2nc(Cl)nc(NCCc3ccc(F)cn3)c2F)CC1. The van der Waals surface area contributed by atoms with Crippen molar-refractivity contribution >= 4 is 29.3 Å². The molecule has 0 unspecified atom stereocenters. The monoisotopic (exact) mass is 398 g/mol. The van der Waals surface area contributed by atoms with Crippen molar-refractivity contribution in [3.05, 3.63) is 40.9 Å². The fourth-order valence-corrected chi connectivity index (χ4v) is 2.87. The molecule has 0 saturated carbocycles. The Balaban J connectivity index is 1.66. The van der Waals surface area contributed by atoms with Gasteiger partial charge in [-0.1, -0.05) is 0 Å². The second kappa shape index (κ2) is 8.30. The lowest BCUT2D eigenvalue weighted by Gasteiger charge is -2.34. The summed E-state index contributed by atoms with van der Waals surface area (Å²) in [5.74, 6) is -1.10. The molecule has 1 fully saturated rings. The number of piperazine rings is 1. The van der Waals surface area contributed by atoms with Crippen molar-refractivity contribution in [3.8, 4) is 0 Å². The first-order valence-corrected chi connectivity index (χ1v) is 8.62. The summed E-state index contributed by atoms with van der Waals surface area (Å²) < 4.78 is 27.6. The average Bonchev–Trinajstić information content (AvgIpc) is 2.66. The normalized spacial score (nSPS) is 14.3. The molecule has 0 aromatic carbocycles. The van der Waals surface area contributed by atoms with Crippen LogP contribution >= 0.6 is 11.6 Å². The van der Waals surface area contributed by atoms with Crippen LogP contribution < -0.4 is 10.2 Å². The predicted molar refractivity (Wildman–Crippen MR) is 95.2 cm³/mol. The van der Waals surface area contributed by atoms with E-state index in [-0.39, 0.29) is 30.0 Å². The molecule has 2 aromatic heterocycles. The maximum atomic E-state index is 14.8. The predicted octanol–water partition coefficient (Wildman–Crippen LogP) is 2.26. The highest BCUT2D eigenvalue weighted by molar-refractivity contribution is 6.28. The van der Waals surface area contributed by atoms with Gasteiger partial charge < -0.3 is 20.2 Å². The molecule has 0 radical (unpaired) electrons. The molecule has 2 N–H and O–H groups in total. The molecule has 1 aliphatic heterocycles. The van der Waals surface area contributed by atoms with E-state index in [9.17, 15) is 13.6 Å². The largest absolute Gasteiger partial charge is 0.465 e. The van der Waals surface area contributed by atoms with Gasteiger partial charge in [0.1, 0.15) is 5.82 Å². The zero-order chi connectivity index (χ0) is 19.4. The first-order chi connectivity index (χ1) is 12.9. The van der Waals surface area contributed by atoms with Crippen LogP contribution in [0.2, 0.25) is 5.28 Å². The Morgan fingerprint density at radius 1 is 1.22 bits per heavy atom. The Morgan fingerprint density at radius 3 is 2.59 bits per heavy atom. The van der Waals surface area contributed by atoms with Crippen molar-refractivity contribution in [1.29, 1.82) is 0 Å². The van der Waals surface area contributed by atoms with Crippen LogP contribution in [0.25, 0.3) is 0 Å². The van der Waals surface area contributed by atoms with E-state index in [1.54, 1.807) is 11.0 Å². The van der Waals surface area contributed by atoms with E-state index in [0.717, 1.165) is 6.20 Å². The number of nitrogens with one attached hydrogen (secondary N) is 1. The molecule has 11 heteroatoms. The van der Waals surface area contributed by atoms with Gasteiger partial charge in [0.05, 0.1) is 6.20 Å². The number of rotatable bonds is 5. The second-order valence-corrected chi connectivity index (χ2v) is 6.22. The van der Waals surface area contributed by atoms with Crippen LogP contribution in [-0.4, -0.2) is 63.8 Å². The maximum absolute atomic E-state index is 14.8. The molecule has 0 spiro atoms. The van der Waals surface area contributed by atoms with E-state index in [0.29, 0.717) is 31.7 Å². The molecule has 1 saturated heterocycles. The third kappa shape index (κ3) is 4.70. The average molecular weight is 399 g/mol. The molecule has 8 nitrogen and oxygen atoms in total. The van der Waals surface area contributed by atoms with E-state index in [4.69, 9.17) is 16.7 Å². The number of hydrogen-bond acceptors (Lipinski definition) is 6. The van der Waals surface area contributed by atoms with Gasteiger partial charge in [0.25, 0.3) is 0 Å². The number of hydrogen-bond donors (Lipinski definition) is 2. The molecular weight excluding hydrogens is 382 g/mol.